The number of aromatic nitrogens is 2. The van der Waals surface area contributed by atoms with E-state index in [0.29, 0.717) is 30.9 Å². The highest BCUT2D eigenvalue weighted by molar-refractivity contribution is 5.94. The number of hydroxylamine groups is 2. The summed E-state index contributed by atoms with van der Waals surface area (Å²) in [6, 6.07) is -7.38. The van der Waals surface area contributed by atoms with Crippen LogP contribution in [0.5, 0.6) is 0 Å². The molecule has 2 fully saturated rings. The first-order chi connectivity index (χ1) is 40.3. The van der Waals surface area contributed by atoms with Crippen LogP contribution in [0.25, 0.3) is 0 Å². The first-order valence-corrected chi connectivity index (χ1v) is 28.8. The van der Waals surface area contributed by atoms with Gasteiger partial charge in [0, 0.05) is 52.0 Å². The van der Waals surface area contributed by atoms with Gasteiger partial charge in [-0.1, -0.05) is 79.1 Å². The number of carboxylic acid groups (broad SMARTS) is 2. The molecule has 0 aliphatic carbocycles. The monoisotopic (exact) mass is 1210 g/mol. The van der Waals surface area contributed by atoms with E-state index in [2.05, 4.69) is 36.9 Å². The Kier molecular flexibility index (Phi) is 29.3. The molecule has 15 atom stereocenters. The molecule has 482 valence electrons. The number of urea groups is 1. The zero-order valence-electron chi connectivity index (χ0n) is 48.8. The van der Waals surface area contributed by atoms with Crippen LogP contribution in [0.2, 0.25) is 0 Å². The van der Waals surface area contributed by atoms with Gasteiger partial charge in [-0.25, -0.2) is 19.4 Å². The van der Waals surface area contributed by atoms with Crippen molar-refractivity contribution < 1.29 is 83.2 Å². The first-order valence-electron chi connectivity index (χ1n) is 28.8. The van der Waals surface area contributed by atoms with Crippen LogP contribution in [0.4, 0.5) is 4.79 Å². The number of unbranched alkanes of at least 4 members (excludes halogenated alkanes) is 9. The Balaban J connectivity index is 1.52. The van der Waals surface area contributed by atoms with E-state index in [9.17, 15) is 69.1 Å². The van der Waals surface area contributed by atoms with Crippen molar-refractivity contribution in [3.8, 4) is 0 Å². The number of nitrogens with one attached hydrogen (secondary N) is 8. The highest BCUT2D eigenvalue weighted by Crippen LogP contribution is 2.35. The second kappa shape index (κ2) is 35.2. The van der Waals surface area contributed by atoms with Gasteiger partial charge in [-0.3, -0.25) is 49.1 Å². The Morgan fingerprint density at radius 1 is 0.835 bits per heavy atom. The molecule has 6 unspecified atom stereocenters. The number of nitrogens with two attached hydrogens (primary N) is 3. The number of aromatic amines is 1. The van der Waals surface area contributed by atoms with Gasteiger partial charge in [-0.2, -0.15) is 0 Å². The number of carbonyl (C=O) groups excluding carboxylic acids is 4. The molecular formula is C52H90N14O19. The zero-order chi connectivity index (χ0) is 63.1. The molecule has 4 heterocycles. The van der Waals surface area contributed by atoms with Gasteiger partial charge in [0.25, 0.3) is 5.56 Å². The summed E-state index contributed by atoms with van der Waals surface area (Å²) in [6.07, 6.45) is -6.04. The number of amides is 4. The summed E-state index contributed by atoms with van der Waals surface area (Å²) in [7, 11) is 1.22. The predicted molar refractivity (Wildman–Crippen MR) is 301 cm³/mol. The van der Waals surface area contributed by atoms with Crippen LogP contribution >= 0.6 is 0 Å². The van der Waals surface area contributed by atoms with E-state index in [4.69, 9.17) is 46.3 Å². The normalized spacial score (nSPS) is 24.2. The van der Waals surface area contributed by atoms with Gasteiger partial charge in [0.2, 0.25) is 17.8 Å². The second-order valence-corrected chi connectivity index (χ2v) is 21.9. The Morgan fingerprint density at radius 3 is 2.04 bits per heavy atom. The third-order valence-electron chi connectivity index (χ3n) is 14.8. The van der Waals surface area contributed by atoms with Gasteiger partial charge in [-0.05, 0) is 44.1 Å². The van der Waals surface area contributed by atoms with Crippen molar-refractivity contribution in [3.63, 3.8) is 0 Å². The molecule has 0 aromatic carbocycles. The molecule has 33 heteroatoms. The number of esters is 1. The smallest absolute Gasteiger partial charge is 0.330 e. The summed E-state index contributed by atoms with van der Waals surface area (Å²) >= 11 is 0. The van der Waals surface area contributed by atoms with Crippen LogP contribution in [-0.2, 0) is 47.7 Å². The number of aliphatic hydroxyl groups excluding tert-OH is 3. The van der Waals surface area contributed by atoms with E-state index in [1.807, 2.05) is 4.98 Å². The molecule has 0 bridgehead atoms. The van der Waals surface area contributed by atoms with Crippen molar-refractivity contribution in [2.24, 2.45) is 34.0 Å². The molecule has 3 aliphatic rings. The quantitative estimate of drug-likeness (QED) is 0.0101. The molecule has 2 saturated heterocycles. The number of carboxylic acids is 2. The number of aliphatic carboxylic acids is 2. The summed E-state index contributed by atoms with van der Waals surface area (Å²) in [5.74, 6) is -7.05. The molecule has 85 heavy (non-hydrogen) atoms. The molecular weight excluding hydrogens is 1120 g/mol. The molecule has 4 rings (SSSR count). The third-order valence-corrected chi connectivity index (χ3v) is 14.8. The molecule has 0 radical (unpaired) electrons. The van der Waals surface area contributed by atoms with Crippen molar-refractivity contribution in [1.29, 1.82) is 5.41 Å². The number of nitrogens with zero attached hydrogens (tertiary/aromatic N) is 3. The fraction of sp³-hybridized carbons (Fsp3) is 0.769. The van der Waals surface area contributed by atoms with Gasteiger partial charge in [0.05, 0.1) is 6.04 Å². The van der Waals surface area contributed by atoms with Gasteiger partial charge >= 0.3 is 29.6 Å². The molecule has 1 aromatic heterocycles. The van der Waals surface area contributed by atoms with Crippen LogP contribution in [-0.4, -0.2) is 218 Å². The molecule has 4 amide bonds. The number of carbonyl (C=O) groups is 6. The maximum Gasteiger partial charge on any atom is 0.330 e. The average Bonchev–Trinajstić information content (AvgIpc) is 2.45. The van der Waals surface area contributed by atoms with Crippen LogP contribution in [0.3, 0.4) is 0 Å². The molecule has 33 nitrogen and oxygen atoms in total. The van der Waals surface area contributed by atoms with E-state index in [1.165, 1.54) is 7.11 Å². The lowest BCUT2D eigenvalue weighted by Gasteiger charge is -2.34. The topological polar surface area (TPSA) is 514 Å². The minimum Gasteiger partial charge on any atom is -0.480 e. The summed E-state index contributed by atoms with van der Waals surface area (Å²) < 4.78 is 30.0. The minimum atomic E-state index is -1.94. The number of H-pyrrole nitrogens is 1. The SMILES string of the molecule is CO[C@H]1C(OC(C(NCCCNC(=O)[C@@H](NC(=O)C(NC(=O)N[C@H](C(=O)O)C(C)C)C2CCN=C(N)N2)C(OC(=O)CCCCCCCCCCCCN(O)C(=N)N)C(C)C)C(=O)O)[C@H]2O[C@@H](n3ccc(=O)[nH]c3=O)[C@H](O)[C@@H]2O)O[C@H](CN)[C@H]1O. The maximum atomic E-state index is 14.6. The third kappa shape index (κ3) is 21.4. The summed E-state index contributed by atoms with van der Waals surface area (Å²) in [6.45, 7) is 6.19. The summed E-state index contributed by atoms with van der Waals surface area (Å²) in [4.78, 5) is 112. The van der Waals surface area contributed by atoms with Gasteiger partial charge in [-0.15, -0.1) is 0 Å². The van der Waals surface area contributed by atoms with Gasteiger partial charge in [0.15, 0.2) is 18.5 Å². The number of aliphatic hydroxyl groups is 3. The number of ether oxygens (including phenoxy) is 5. The van der Waals surface area contributed by atoms with Gasteiger partial charge in [0.1, 0.15) is 73.0 Å². The largest absolute Gasteiger partial charge is 0.480 e. The lowest BCUT2D eigenvalue weighted by Crippen LogP contribution is -2.66. The lowest BCUT2D eigenvalue weighted by molar-refractivity contribution is -0.231. The number of guanidine groups is 2. The van der Waals surface area contributed by atoms with Crippen LogP contribution < -0.4 is 60.4 Å². The molecule has 0 saturated carbocycles. The Labute approximate surface area is 491 Å². The molecule has 0 spiro atoms. The van der Waals surface area contributed by atoms with Crippen molar-refractivity contribution in [1.82, 2.24) is 46.5 Å². The Morgan fingerprint density at radius 2 is 1.47 bits per heavy atom. The van der Waals surface area contributed by atoms with E-state index in [-0.39, 0.29) is 51.4 Å². The zero-order valence-corrected chi connectivity index (χ0v) is 48.8. The standard InChI is InChI=1S/C52H90N14O19/c1-26(2)32(46(74)75)63-51(78)64-33(28-18-22-59-50(56)60-28)44(73)62-34(39(27(3)4)83-31(68)17-14-12-10-8-6-7-9-11-13-15-23-66(80)49(54)55)43(72)58-21-16-20-57-35(47(76)77)40(85-48-42(81-5)36(69)29(25-53)82-48)41-37(70)38(71)45(84-41)65-24-19-30(67)61-52(65)79/h19,24,26-29,32-42,45,48,57,69-71,80H,6-18,20-23,25,53H2,1-5H3,(H3,54,55)(H,58,72)(H,62,73)(H,74,75)(H,76,77)(H3,56,59,60)(H,61,67,79)(H2,63,64,78)/t28?,29-,32+,33?,34+,35?,36-,37+,38-,39?,40?,41+,42-,45-,48?/m1/s1. The second-order valence-electron chi connectivity index (χ2n) is 21.9. The van der Waals surface area contributed by atoms with Crippen molar-refractivity contribution in [2.75, 3.05) is 39.8 Å². The number of hydrogen-bond acceptors (Lipinski definition) is 23. The van der Waals surface area contributed by atoms with Gasteiger partial charge < -0.3 is 98.3 Å². The molecule has 1 aromatic rings. The van der Waals surface area contributed by atoms with Crippen LogP contribution in [0.15, 0.2) is 26.8 Å². The maximum absolute atomic E-state index is 14.6. The van der Waals surface area contributed by atoms with Crippen molar-refractivity contribution in [2.45, 2.75) is 203 Å². The summed E-state index contributed by atoms with van der Waals surface area (Å²) in [5.41, 5.74) is 15.2. The van der Waals surface area contributed by atoms with Crippen LogP contribution in [0, 0.1) is 17.2 Å². The number of aliphatic imine (C=N–C) groups is 1. The highest BCUT2D eigenvalue weighted by atomic mass is 16.7. The van der Waals surface area contributed by atoms with Crippen molar-refractivity contribution in [3.05, 3.63) is 33.1 Å². The molecule has 20 N–H and O–H groups in total. The molecule has 3 aliphatic heterocycles. The lowest BCUT2D eigenvalue weighted by atomic mass is 9.96. The fourth-order valence-electron chi connectivity index (χ4n) is 10.1. The van der Waals surface area contributed by atoms with Crippen molar-refractivity contribution >= 4 is 47.7 Å². The summed E-state index contributed by atoms with van der Waals surface area (Å²) in [5, 5.41) is 87.2. The first kappa shape index (κ1) is 70.9. The Bertz CT molecular complexity index is 2490. The van der Waals surface area contributed by atoms with Crippen LogP contribution in [0.1, 0.15) is 117 Å². The number of methoxy groups -OCH3 is 1. The average molecular weight is 1220 g/mol. The number of rotatable bonds is 37. The Hall–Kier alpha value is -6.56. The highest BCUT2D eigenvalue weighted by Gasteiger charge is 2.54. The van der Waals surface area contributed by atoms with E-state index in [1.54, 1.807) is 27.7 Å². The number of hydrogen-bond donors (Lipinski definition) is 17. The van der Waals surface area contributed by atoms with E-state index < -0.39 is 156 Å². The minimum absolute atomic E-state index is 0.0221. The van der Waals surface area contributed by atoms with E-state index >= 15 is 0 Å². The predicted octanol–water partition coefficient (Wildman–Crippen LogP) is -3.47. The fourth-order valence-corrected chi connectivity index (χ4v) is 10.1. The van der Waals surface area contributed by atoms with E-state index in [0.717, 1.165) is 61.8 Å².